The molecule has 0 aliphatic heterocycles. The Kier molecular flexibility index (Phi) is 3.33. The van der Waals surface area contributed by atoms with E-state index in [-0.39, 0.29) is 16.8 Å². The number of aromatic nitrogens is 1. The standard InChI is InChI=1S/C11H11ClN2O/c1-4-11(2,3)14-10(15)8-6-5-7-9(12)13-8/h1,5-7H,2-3H3,(H,14,15). The van der Waals surface area contributed by atoms with Crippen molar-refractivity contribution in [2.75, 3.05) is 0 Å². The Morgan fingerprint density at radius 2 is 2.27 bits per heavy atom. The fraction of sp³-hybridized carbons (Fsp3) is 0.273. The van der Waals surface area contributed by atoms with E-state index in [1.165, 1.54) is 0 Å². The molecule has 0 atom stereocenters. The van der Waals surface area contributed by atoms with Crippen molar-refractivity contribution in [2.45, 2.75) is 19.4 Å². The molecule has 0 radical (unpaired) electrons. The molecule has 1 aromatic heterocycles. The van der Waals surface area contributed by atoms with E-state index in [0.29, 0.717) is 0 Å². The van der Waals surface area contributed by atoms with E-state index in [1.807, 2.05) is 0 Å². The molecule has 1 N–H and O–H groups in total. The van der Waals surface area contributed by atoms with E-state index < -0.39 is 5.54 Å². The molecule has 0 saturated heterocycles. The first-order valence-corrected chi connectivity index (χ1v) is 4.75. The van der Waals surface area contributed by atoms with Gasteiger partial charge in [-0.3, -0.25) is 4.79 Å². The van der Waals surface area contributed by atoms with Crippen molar-refractivity contribution < 1.29 is 4.79 Å². The lowest BCUT2D eigenvalue weighted by molar-refractivity contribution is 0.0925. The second-order valence-corrected chi connectivity index (χ2v) is 3.96. The van der Waals surface area contributed by atoms with Gasteiger partial charge in [-0.15, -0.1) is 6.42 Å². The maximum Gasteiger partial charge on any atom is 0.271 e. The predicted molar refractivity (Wildman–Crippen MR) is 59.6 cm³/mol. The van der Waals surface area contributed by atoms with Crippen molar-refractivity contribution in [2.24, 2.45) is 0 Å². The van der Waals surface area contributed by atoms with Crippen LogP contribution in [0.4, 0.5) is 0 Å². The Morgan fingerprint density at radius 1 is 1.60 bits per heavy atom. The number of pyridine rings is 1. The van der Waals surface area contributed by atoms with Crippen molar-refractivity contribution >= 4 is 17.5 Å². The van der Waals surface area contributed by atoms with Crippen molar-refractivity contribution in [1.29, 1.82) is 0 Å². The van der Waals surface area contributed by atoms with E-state index in [1.54, 1.807) is 32.0 Å². The normalized spacial score (nSPS) is 10.5. The van der Waals surface area contributed by atoms with Crippen LogP contribution in [0, 0.1) is 12.3 Å². The van der Waals surface area contributed by atoms with Gasteiger partial charge in [-0.25, -0.2) is 4.98 Å². The second-order valence-electron chi connectivity index (χ2n) is 3.57. The van der Waals surface area contributed by atoms with E-state index in [2.05, 4.69) is 16.2 Å². The third kappa shape index (κ3) is 3.26. The molecular weight excluding hydrogens is 212 g/mol. The van der Waals surface area contributed by atoms with Crippen LogP contribution in [0.5, 0.6) is 0 Å². The van der Waals surface area contributed by atoms with Gasteiger partial charge >= 0.3 is 0 Å². The zero-order valence-corrected chi connectivity index (χ0v) is 9.30. The average molecular weight is 223 g/mol. The third-order valence-electron chi connectivity index (χ3n) is 1.73. The lowest BCUT2D eigenvalue weighted by atomic mass is 10.1. The largest absolute Gasteiger partial charge is 0.335 e. The zero-order chi connectivity index (χ0) is 11.5. The molecule has 3 nitrogen and oxygen atoms in total. The summed E-state index contributed by atoms with van der Waals surface area (Å²) in [6.45, 7) is 3.46. The Morgan fingerprint density at radius 3 is 2.80 bits per heavy atom. The summed E-state index contributed by atoms with van der Waals surface area (Å²) in [4.78, 5) is 15.5. The molecule has 0 unspecified atom stereocenters. The van der Waals surface area contributed by atoms with Crippen LogP contribution in [-0.2, 0) is 0 Å². The van der Waals surface area contributed by atoms with Crippen LogP contribution < -0.4 is 5.32 Å². The Bertz CT molecular complexity index is 421. The van der Waals surface area contributed by atoms with Crippen molar-refractivity contribution in [3.63, 3.8) is 0 Å². The molecule has 78 valence electrons. The molecule has 4 heteroatoms. The number of nitrogens with zero attached hydrogens (tertiary/aromatic N) is 1. The number of rotatable bonds is 2. The van der Waals surface area contributed by atoms with E-state index in [4.69, 9.17) is 18.0 Å². The summed E-state index contributed by atoms with van der Waals surface area (Å²) in [6, 6.07) is 4.84. The first-order valence-electron chi connectivity index (χ1n) is 4.37. The van der Waals surface area contributed by atoms with E-state index in [9.17, 15) is 4.79 Å². The Labute approximate surface area is 93.9 Å². The number of halogens is 1. The molecule has 0 spiro atoms. The van der Waals surface area contributed by atoms with E-state index in [0.717, 1.165) is 0 Å². The van der Waals surface area contributed by atoms with Crippen LogP contribution in [0.15, 0.2) is 18.2 Å². The summed E-state index contributed by atoms with van der Waals surface area (Å²) in [7, 11) is 0. The van der Waals surface area contributed by atoms with Gasteiger partial charge in [0, 0.05) is 0 Å². The molecule has 0 fully saturated rings. The fourth-order valence-electron chi connectivity index (χ4n) is 0.919. The molecule has 0 aromatic carbocycles. The highest BCUT2D eigenvalue weighted by Crippen LogP contribution is 2.07. The van der Waals surface area contributed by atoms with Gasteiger partial charge in [0.1, 0.15) is 10.8 Å². The van der Waals surface area contributed by atoms with E-state index >= 15 is 0 Å². The zero-order valence-electron chi connectivity index (χ0n) is 8.54. The number of nitrogens with one attached hydrogen (secondary N) is 1. The predicted octanol–water partition coefficient (Wildman–Crippen LogP) is 1.88. The van der Waals surface area contributed by atoms with Crippen molar-refractivity contribution in [1.82, 2.24) is 10.3 Å². The van der Waals surface area contributed by atoms with Crippen LogP contribution in [0.3, 0.4) is 0 Å². The molecular formula is C11H11ClN2O. The third-order valence-corrected chi connectivity index (χ3v) is 1.95. The molecule has 1 rings (SSSR count). The maximum absolute atomic E-state index is 11.6. The van der Waals surface area contributed by atoms with Gasteiger partial charge in [-0.2, -0.15) is 0 Å². The highest BCUT2D eigenvalue weighted by atomic mass is 35.5. The number of hydrogen-bond acceptors (Lipinski definition) is 2. The number of carbonyl (C=O) groups excluding carboxylic acids is 1. The quantitative estimate of drug-likeness (QED) is 0.613. The summed E-state index contributed by atoms with van der Waals surface area (Å²) in [6.07, 6.45) is 5.25. The topological polar surface area (TPSA) is 42.0 Å². The van der Waals surface area contributed by atoms with Crippen molar-refractivity contribution in [3.8, 4) is 12.3 Å². The lowest BCUT2D eigenvalue weighted by Gasteiger charge is -2.19. The summed E-state index contributed by atoms with van der Waals surface area (Å²) in [5.74, 6) is 2.13. The molecule has 15 heavy (non-hydrogen) atoms. The molecule has 0 saturated carbocycles. The van der Waals surface area contributed by atoms with Crippen LogP contribution in [0.1, 0.15) is 24.3 Å². The Hall–Kier alpha value is -1.53. The van der Waals surface area contributed by atoms with Gasteiger partial charge in [0.05, 0.1) is 5.54 Å². The molecule has 1 amide bonds. The highest BCUT2D eigenvalue weighted by molar-refractivity contribution is 6.29. The smallest absolute Gasteiger partial charge is 0.271 e. The minimum Gasteiger partial charge on any atom is -0.335 e. The molecule has 1 heterocycles. The summed E-state index contributed by atoms with van der Waals surface area (Å²) in [5.41, 5.74) is -0.438. The number of terminal acetylenes is 1. The fourth-order valence-corrected chi connectivity index (χ4v) is 1.08. The summed E-state index contributed by atoms with van der Waals surface area (Å²) >= 11 is 5.66. The molecule has 1 aromatic rings. The van der Waals surface area contributed by atoms with Crippen LogP contribution >= 0.6 is 11.6 Å². The minimum atomic E-state index is -0.693. The Balaban J connectivity index is 2.84. The monoisotopic (exact) mass is 222 g/mol. The molecule has 0 bridgehead atoms. The van der Waals surface area contributed by atoms with Gasteiger partial charge in [-0.1, -0.05) is 23.6 Å². The van der Waals surface area contributed by atoms with Gasteiger partial charge in [0.15, 0.2) is 0 Å². The highest BCUT2D eigenvalue weighted by Gasteiger charge is 2.18. The average Bonchev–Trinajstić information content (AvgIpc) is 2.17. The van der Waals surface area contributed by atoms with Crippen molar-refractivity contribution in [3.05, 3.63) is 29.0 Å². The summed E-state index contributed by atoms with van der Waals surface area (Å²) in [5, 5.41) is 2.93. The van der Waals surface area contributed by atoms with Gasteiger partial charge in [0.2, 0.25) is 0 Å². The first-order chi connectivity index (χ1) is 6.94. The maximum atomic E-state index is 11.6. The lowest BCUT2D eigenvalue weighted by Crippen LogP contribution is -2.42. The number of carbonyl (C=O) groups is 1. The summed E-state index contributed by atoms with van der Waals surface area (Å²) < 4.78 is 0. The number of amides is 1. The SMILES string of the molecule is C#CC(C)(C)NC(=O)c1cccc(Cl)n1. The second kappa shape index (κ2) is 4.33. The van der Waals surface area contributed by atoms with Gasteiger partial charge in [0.25, 0.3) is 5.91 Å². The van der Waals surface area contributed by atoms with Crippen LogP contribution in [0.2, 0.25) is 5.15 Å². The van der Waals surface area contributed by atoms with Gasteiger partial charge < -0.3 is 5.32 Å². The molecule has 0 aliphatic carbocycles. The van der Waals surface area contributed by atoms with Crippen LogP contribution in [-0.4, -0.2) is 16.4 Å². The first kappa shape index (κ1) is 11.5. The minimum absolute atomic E-state index is 0.255. The van der Waals surface area contributed by atoms with Crippen LogP contribution in [0.25, 0.3) is 0 Å². The number of hydrogen-bond donors (Lipinski definition) is 1. The molecule has 0 aliphatic rings. The van der Waals surface area contributed by atoms with Gasteiger partial charge in [-0.05, 0) is 26.0 Å².